The first kappa shape index (κ1) is 17.3. The van der Waals surface area contributed by atoms with Crippen molar-refractivity contribution in [3.05, 3.63) is 54.1 Å². The van der Waals surface area contributed by atoms with Gasteiger partial charge in [0.15, 0.2) is 0 Å². The summed E-state index contributed by atoms with van der Waals surface area (Å²) < 4.78 is 31.9. The van der Waals surface area contributed by atoms with Crippen molar-refractivity contribution in [2.45, 2.75) is 11.4 Å². The largest absolute Gasteiger partial charge is 0.495 e. The Bertz CT molecular complexity index is 756. The minimum atomic E-state index is -3.61. The molecule has 0 saturated carbocycles. The van der Waals surface area contributed by atoms with Gasteiger partial charge < -0.3 is 9.64 Å². The van der Waals surface area contributed by atoms with Gasteiger partial charge in [-0.05, 0) is 29.8 Å². The molecule has 0 aliphatic heterocycles. The number of methoxy groups -OCH3 is 1. The molecule has 0 radical (unpaired) electrons. The number of sulfonamides is 1. The fourth-order valence-electron chi connectivity index (χ4n) is 2.24. The monoisotopic (exact) mass is 334 g/mol. The maximum atomic E-state index is 12.7. The molecule has 23 heavy (non-hydrogen) atoms. The van der Waals surface area contributed by atoms with Crippen molar-refractivity contribution in [2.24, 2.45) is 0 Å². The standard InChI is InChI=1S/C17H22N2O3S/c1-18(2)15-11-9-14(10-12-15)13-19(3)23(20,21)17-8-6-5-7-16(17)22-4/h5-12H,13H2,1-4H3. The van der Waals surface area contributed by atoms with Gasteiger partial charge in [-0.15, -0.1) is 0 Å². The van der Waals surface area contributed by atoms with Crippen LogP contribution in [0.3, 0.4) is 0 Å². The smallest absolute Gasteiger partial charge is 0.246 e. The molecular formula is C17H22N2O3S. The molecule has 0 aliphatic carbocycles. The van der Waals surface area contributed by atoms with Crippen molar-refractivity contribution in [1.29, 1.82) is 0 Å². The molecule has 0 aliphatic rings. The van der Waals surface area contributed by atoms with Gasteiger partial charge in [0.1, 0.15) is 10.6 Å². The summed E-state index contributed by atoms with van der Waals surface area (Å²) in [5, 5.41) is 0. The maximum Gasteiger partial charge on any atom is 0.246 e. The Morgan fingerprint density at radius 1 is 0.957 bits per heavy atom. The van der Waals surface area contributed by atoms with Crippen molar-refractivity contribution in [3.8, 4) is 5.75 Å². The molecule has 0 bridgehead atoms. The molecule has 0 atom stereocenters. The highest BCUT2D eigenvalue weighted by Gasteiger charge is 2.24. The lowest BCUT2D eigenvalue weighted by molar-refractivity contribution is 0.397. The van der Waals surface area contributed by atoms with E-state index in [1.165, 1.54) is 11.4 Å². The minimum absolute atomic E-state index is 0.176. The normalized spacial score (nSPS) is 11.5. The number of para-hydroxylation sites is 1. The number of rotatable bonds is 6. The lowest BCUT2D eigenvalue weighted by atomic mass is 10.2. The predicted octanol–water partition coefficient (Wildman–Crippen LogP) is 2.58. The average molecular weight is 334 g/mol. The number of nitrogens with zero attached hydrogens (tertiary/aromatic N) is 2. The summed E-state index contributed by atoms with van der Waals surface area (Å²) in [6.07, 6.45) is 0. The van der Waals surface area contributed by atoms with Gasteiger partial charge in [-0.1, -0.05) is 24.3 Å². The van der Waals surface area contributed by atoms with Gasteiger partial charge in [-0.2, -0.15) is 4.31 Å². The second kappa shape index (κ2) is 7.02. The van der Waals surface area contributed by atoms with Crippen molar-refractivity contribution >= 4 is 15.7 Å². The van der Waals surface area contributed by atoms with Gasteiger partial charge in [-0.25, -0.2) is 8.42 Å². The topological polar surface area (TPSA) is 49.9 Å². The third-order valence-electron chi connectivity index (χ3n) is 3.62. The number of anilines is 1. The summed E-state index contributed by atoms with van der Waals surface area (Å²) in [7, 11) is 3.36. The quantitative estimate of drug-likeness (QED) is 0.815. The molecule has 6 heteroatoms. The summed E-state index contributed by atoms with van der Waals surface area (Å²) >= 11 is 0. The highest BCUT2D eigenvalue weighted by atomic mass is 32.2. The van der Waals surface area contributed by atoms with Crippen LogP contribution >= 0.6 is 0 Å². The average Bonchev–Trinajstić information content (AvgIpc) is 2.55. The van der Waals surface area contributed by atoms with E-state index in [0.29, 0.717) is 12.3 Å². The van der Waals surface area contributed by atoms with Crippen LogP contribution < -0.4 is 9.64 Å². The molecule has 0 aromatic heterocycles. The van der Waals surface area contributed by atoms with E-state index in [9.17, 15) is 8.42 Å². The van der Waals surface area contributed by atoms with Crippen LogP contribution in [0.5, 0.6) is 5.75 Å². The molecule has 2 aromatic rings. The molecular weight excluding hydrogens is 312 g/mol. The van der Waals surface area contributed by atoms with E-state index in [4.69, 9.17) is 4.74 Å². The van der Waals surface area contributed by atoms with Crippen LogP contribution in [-0.2, 0) is 16.6 Å². The van der Waals surface area contributed by atoms with Gasteiger partial charge >= 0.3 is 0 Å². The molecule has 0 saturated heterocycles. The summed E-state index contributed by atoms with van der Waals surface area (Å²) in [5.74, 6) is 0.349. The van der Waals surface area contributed by atoms with E-state index in [1.807, 2.05) is 43.3 Å². The fourth-order valence-corrected chi connectivity index (χ4v) is 3.55. The summed E-state index contributed by atoms with van der Waals surface area (Å²) in [6.45, 7) is 0.300. The SMILES string of the molecule is COc1ccccc1S(=O)(=O)N(C)Cc1ccc(N(C)C)cc1. The van der Waals surface area contributed by atoms with E-state index in [-0.39, 0.29) is 4.90 Å². The van der Waals surface area contributed by atoms with Crippen LogP contribution in [0.25, 0.3) is 0 Å². The van der Waals surface area contributed by atoms with Crippen LogP contribution in [0.15, 0.2) is 53.4 Å². The molecule has 5 nitrogen and oxygen atoms in total. The Kier molecular flexibility index (Phi) is 5.28. The maximum absolute atomic E-state index is 12.7. The Morgan fingerprint density at radius 3 is 2.13 bits per heavy atom. The zero-order chi connectivity index (χ0) is 17.0. The summed E-state index contributed by atoms with van der Waals surface area (Å²) in [5.41, 5.74) is 2.00. The highest BCUT2D eigenvalue weighted by Crippen LogP contribution is 2.26. The van der Waals surface area contributed by atoms with Crippen LogP contribution in [0, 0.1) is 0 Å². The molecule has 0 heterocycles. The number of ether oxygens (including phenoxy) is 1. The van der Waals surface area contributed by atoms with Crippen molar-refractivity contribution in [1.82, 2.24) is 4.31 Å². The van der Waals surface area contributed by atoms with Gasteiger partial charge in [0, 0.05) is 33.4 Å². The molecule has 0 amide bonds. The summed E-state index contributed by atoms with van der Waals surface area (Å²) in [6, 6.07) is 14.4. The fraction of sp³-hybridized carbons (Fsp3) is 0.294. The highest BCUT2D eigenvalue weighted by molar-refractivity contribution is 7.89. The molecule has 2 rings (SSSR count). The third-order valence-corrected chi connectivity index (χ3v) is 5.46. The summed E-state index contributed by atoms with van der Waals surface area (Å²) in [4.78, 5) is 2.17. The van der Waals surface area contributed by atoms with Crippen LogP contribution in [0.4, 0.5) is 5.69 Å². The zero-order valence-electron chi connectivity index (χ0n) is 13.9. The molecule has 124 valence electrons. The van der Waals surface area contributed by atoms with Crippen molar-refractivity contribution in [2.75, 3.05) is 33.2 Å². The first-order chi connectivity index (χ1) is 10.9. The first-order valence-corrected chi connectivity index (χ1v) is 8.66. The zero-order valence-corrected chi connectivity index (χ0v) is 14.7. The first-order valence-electron chi connectivity index (χ1n) is 7.22. The predicted molar refractivity (Wildman–Crippen MR) is 92.4 cm³/mol. The second-order valence-electron chi connectivity index (χ2n) is 5.47. The number of hydrogen-bond donors (Lipinski definition) is 0. The van der Waals surface area contributed by atoms with Crippen molar-refractivity contribution in [3.63, 3.8) is 0 Å². The van der Waals surface area contributed by atoms with Crippen LogP contribution in [0.1, 0.15) is 5.56 Å². The lowest BCUT2D eigenvalue weighted by Crippen LogP contribution is -2.26. The molecule has 0 spiro atoms. The van der Waals surface area contributed by atoms with Crippen LogP contribution in [0.2, 0.25) is 0 Å². The van der Waals surface area contributed by atoms with E-state index >= 15 is 0 Å². The molecule has 0 unspecified atom stereocenters. The Morgan fingerprint density at radius 2 is 1.57 bits per heavy atom. The van der Waals surface area contributed by atoms with Crippen molar-refractivity contribution < 1.29 is 13.2 Å². The van der Waals surface area contributed by atoms with Crippen LogP contribution in [-0.4, -0.2) is 41.0 Å². The van der Waals surface area contributed by atoms with Gasteiger partial charge in [0.05, 0.1) is 7.11 Å². The molecule has 0 fully saturated rings. The van der Waals surface area contributed by atoms with Gasteiger partial charge in [0.2, 0.25) is 10.0 Å². The van der Waals surface area contributed by atoms with E-state index in [2.05, 4.69) is 0 Å². The number of benzene rings is 2. The van der Waals surface area contributed by atoms with Gasteiger partial charge in [-0.3, -0.25) is 0 Å². The lowest BCUT2D eigenvalue weighted by Gasteiger charge is -2.19. The van der Waals surface area contributed by atoms with E-state index in [1.54, 1.807) is 31.3 Å². The van der Waals surface area contributed by atoms with E-state index in [0.717, 1.165) is 11.3 Å². The Balaban J connectivity index is 2.23. The van der Waals surface area contributed by atoms with Gasteiger partial charge in [0.25, 0.3) is 0 Å². The number of hydrogen-bond acceptors (Lipinski definition) is 4. The Labute approximate surface area is 138 Å². The second-order valence-corrected chi connectivity index (χ2v) is 7.49. The van der Waals surface area contributed by atoms with E-state index < -0.39 is 10.0 Å². The molecule has 0 N–H and O–H groups in total. The minimum Gasteiger partial charge on any atom is -0.495 e. The third kappa shape index (κ3) is 3.83. The molecule has 2 aromatic carbocycles. The Hall–Kier alpha value is -2.05.